The minimum Gasteiger partial charge on any atom is -0.379 e. The molecule has 2 aliphatic rings. The summed E-state index contributed by atoms with van der Waals surface area (Å²) in [7, 11) is 2.20. The third-order valence-electron chi connectivity index (χ3n) is 3.60. The van der Waals surface area contributed by atoms with Crippen LogP contribution in [-0.4, -0.2) is 31.7 Å². The van der Waals surface area contributed by atoms with Gasteiger partial charge in [0.1, 0.15) is 0 Å². The Morgan fingerprint density at radius 3 is 2.80 bits per heavy atom. The summed E-state index contributed by atoms with van der Waals surface area (Å²) in [5.74, 6) is 0. The Kier molecular flexibility index (Phi) is 1.91. The minimum atomic E-state index is 0.302. The standard InChI is InChI=1S/C13H17NO/c1-10-3-4-12-11(5-10)6-14(2)7-13(12)8-15-9-13/h3-5H,6-9H2,1-2H3. The van der Waals surface area contributed by atoms with E-state index in [1.807, 2.05) is 0 Å². The molecular weight excluding hydrogens is 186 g/mol. The van der Waals surface area contributed by atoms with Crippen LogP contribution in [0.5, 0.6) is 0 Å². The van der Waals surface area contributed by atoms with Gasteiger partial charge in [0, 0.05) is 13.1 Å². The van der Waals surface area contributed by atoms with Crippen LogP contribution in [0.1, 0.15) is 16.7 Å². The summed E-state index contributed by atoms with van der Waals surface area (Å²) in [4.78, 5) is 2.41. The van der Waals surface area contributed by atoms with Crippen LogP contribution in [0, 0.1) is 6.92 Å². The molecule has 0 bridgehead atoms. The maximum atomic E-state index is 5.42. The number of hydrogen-bond donors (Lipinski definition) is 0. The first-order valence-corrected chi connectivity index (χ1v) is 5.56. The normalized spacial score (nSPS) is 23.6. The number of rotatable bonds is 0. The molecular formula is C13H17NO. The van der Waals surface area contributed by atoms with Gasteiger partial charge in [-0.1, -0.05) is 23.8 Å². The molecule has 2 nitrogen and oxygen atoms in total. The second kappa shape index (κ2) is 3.06. The number of fused-ring (bicyclic) bond motifs is 2. The number of aryl methyl sites for hydroxylation is 1. The number of nitrogens with zero attached hydrogens (tertiary/aromatic N) is 1. The number of ether oxygens (including phenoxy) is 1. The van der Waals surface area contributed by atoms with E-state index in [1.54, 1.807) is 0 Å². The van der Waals surface area contributed by atoms with Gasteiger partial charge in [-0.3, -0.25) is 0 Å². The van der Waals surface area contributed by atoms with Crippen LogP contribution >= 0.6 is 0 Å². The largest absolute Gasteiger partial charge is 0.379 e. The fourth-order valence-corrected chi connectivity index (χ4v) is 2.91. The molecule has 1 spiro atoms. The first-order chi connectivity index (χ1) is 7.20. The molecule has 15 heavy (non-hydrogen) atoms. The van der Waals surface area contributed by atoms with Crippen LogP contribution in [0.25, 0.3) is 0 Å². The smallest absolute Gasteiger partial charge is 0.0598 e. The van der Waals surface area contributed by atoms with Crippen molar-refractivity contribution >= 4 is 0 Å². The van der Waals surface area contributed by atoms with E-state index < -0.39 is 0 Å². The first kappa shape index (κ1) is 9.37. The van der Waals surface area contributed by atoms with Gasteiger partial charge in [-0.05, 0) is 25.1 Å². The lowest BCUT2D eigenvalue weighted by Gasteiger charge is -2.48. The van der Waals surface area contributed by atoms with Gasteiger partial charge in [0.05, 0.1) is 18.6 Å². The lowest BCUT2D eigenvalue weighted by Crippen LogP contribution is -2.56. The van der Waals surface area contributed by atoms with Crippen molar-refractivity contribution in [2.45, 2.75) is 18.9 Å². The molecule has 0 amide bonds. The lowest BCUT2D eigenvalue weighted by molar-refractivity contribution is -0.0789. The lowest BCUT2D eigenvalue weighted by atomic mass is 9.73. The molecule has 1 fully saturated rings. The van der Waals surface area contributed by atoms with E-state index in [1.165, 1.54) is 16.7 Å². The molecule has 2 aliphatic heterocycles. The molecule has 0 aromatic heterocycles. The van der Waals surface area contributed by atoms with E-state index in [4.69, 9.17) is 4.74 Å². The van der Waals surface area contributed by atoms with E-state index in [0.717, 1.165) is 26.3 Å². The Hall–Kier alpha value is -0.860. The molecule has 0 N–H and O–H groups in total. The zero-order valence-electron chi connectivity index (χ0n) is 9.42. The molecule has 2 heterocycles. The molecule has 80 valence electrons. The highest BCUT2D eigenvalue weighted by Crippen LogP contribution is 2.39. The number of hydrogen-bond acceptors (Lipinski definition) is 2. The zero-order chi connectivity index (χ0) is 10.5. The van der Waals surface area contributed by atoms with Crippen LogP contribution in [0.2, 0.25) is 0 Å². The van der Waals surface area contributed by atoms with Crippen molar-refractivity contribution in [2.75, 3.05) is 26.8 Å². The predicted molar refractivity (Wildman–Crippen MR) is 60.0 cm³/mol. The van der Waals surface area contributed by atoms with Gasteiger partial charge in [0.25, 0.3) is 0 Å². The van der Waals surface area contributed by atoms with Crippen molar-refractivity contribution in [3.63, 3.8) is 0 Å². The van der Waals surface area contributed by atoms with Gasteiger partial charge in [0.2, 0.25) is 0 Å². The van der Waals surface area contributed by atoms with Crippen molar-refractivity contribution in [1.29, 1.82) is 0 Å². The Labute approximate surface area is 90.8 Å². The highest BCUT2D eigenvalue weighted by molar-refractivity contribution is 5.41. The summed E-state index contributed by atoms with van der Waals surface area (Å²) < 4.78 is 5.42. The quantitative estimate of drug-likeness (QED) is 0.636. The fourth-order valence-electron chi connectivity index (χ4n) is 2.91. The number of likely N-dealkylation sites (N-methyl/N-ethyl adjacent to an activating group) is 1. The summed E-state index contributed by atoms with van der Waals surface area (Å²) in [6.45, 7) is 6.18. The SMILES string of the molecule is Cc1ccc2c(c1)CN(C)CC21COC1. The molecule has 1 saturated heterocycles. The van der Waals surface area contributed by atoms with Crippen molar-refractivity contribution < 1.29 is 4.74 Å². The van der Waals surface area contributed by atoms with Gasteiger partial charge in [0.15, 0.2) is 0 Å². The van der Waals surface area contributed by atoms with Crippen molar-refractivity contribution in [1.82, 2.24) is 4.90 Å². The Morgan fingerprint density at radius 2 is 2.13 bits per heavy atom. The van der Waals surface area contributed by atoms with Gasteiger partial charge in [-0.25, -0.2) is 0 Å². The van der Waals surface area contributed by atoms with Crippen LogP contribution in [0.3, 0.4) is 0 Å². The predicted octanol–water partition coefficient (Wildman–Crippen LogP) is 1.71. The molecule has 3 rings (SSSR count). The van der Waals surface area contributed by atoms with Gasteiger partial charge >= 0.3 is 0 Å². The van der Waals surface area contributed by atoms with Gasteiger partial charge < -0.3 is 9.64 Å². The third kappa shape index (κ3) is 1.32. The second-order valence-electron chi connectivity index (χ2n) is 5.11. The van der Waals surface area contributed by atoms with E-state index in [-0.39, 0.29) is 0 Å². The summed E-state index contributed by atoms with van der Waals surface area (Å²) in [6.07, 6.45) is 0. The first-order valence-electron chi connectivity index (χ1n) is 5.56. The Balaban J connectivity index is 2.10. The second-order valence-corrected chi connectivity index (χ2v) is 5.11. The molecule has 0 radical (unpaired) electrons. The summed E-state index contributed by atoms with van der Waals surface area (Å²) in [5.41, 5.74) is 4.68. The topological polar surface area (TPSA) is 12.5 Å². The van der Waals surface area contributed by atoms with Gasteiger partial charge in [-0.2, -0.15) is 0 Å². The van der Waals surface area contributed by atoms with Crippen LogP contribution < -0.4 is 0 Å². The Bertz CT molecular complexity index is 396. The molecule has 1 aromatic carbocycles. The van der Waals surface area contributed by atoms with E-state index >= 15 is 0 Å². The van der Waals surface area contributed by atoms with Crippen molar-refractivity contribution in [2.24, 2.45) is 0 Å². The average Bonchev–Trinajstić information content (AvgIpc) is 2.13. The van der Waals surface area contributed by atoms with Crippen molar-refractivity contribution in [3.8, 4) is 0 Å². The summed E-state index contributed by atoms with van der Waals surface area (Å²) >= 11 is 0. The summed E-state index contributed by atoms with van der Waals surface area (Å²) in [6, 6.07) is 6.86. The van der Waals surface area contributed by atoms with E-state index in [0.29, 0.717) is 5.41 Å². The van der Waals surface area contributed by atoms with Crippen LogP contribution in [0.15, 0.2) is 18.2 Å². The summed E-state index contributed by atoms with van der Waals surface area (Å²) in [5, 5.41) is 0. The molecule has 0 aliphatic carbocycles. The zero-order valence-corrected chi connectivity index (χ0v) is 9.42. The van der Waals surface area contributed by atoms with Crippen molar-refractivity contribution in [3.05, 3.63) is 34.9 Å². The highest BCUT2D eigenvalue weighted by Gasteiger charge is 2.44. The molecule has 2 heteroatoms. The molecule has 0 saturated carbocycles. The van der Waals surface area contributed by atoms with Crippen LogP contribution in [-0.2, 0) is 16.7 Å². The third-order valence-corrected chi connectivity index (χ3v) is 3.60. The molecule has 0 atom stereocenters. The van der Waals surface area contributed by atoms with E-state index in [2.05, 4.69) is 37.1 Å². The monoisotopic (exact) mass is 203 g/mol. The Morgan fingerprint density at radius 1 is 1.33 bits per heavy atom. The van der Waals surface area contributed by atoms with Gasteiger partial charge in [-0.15, -0.1) is 0 Å². The highest BCUT2D eigenvalue weighted by atomic mass is 16.5. The molecule has 1 aromatic rings. The molecule has 0 unspecified atom stereocenters. The minimum absolute atomic E-state index is 0.302. The van der Waals surface area contributed by atoms with E-state index in [9.17, 15) is 0 Å². The maximum absolute atomic E-state index is 5.42. The maximum Gasteiger partial charge on any atom is 0.0598 e. The van der Waals surface area contributed by atoms with Crippen LogP contribution in [0.4, 0.5) is 0 Å². The average molecular weight is 203 g/mol. The fraction of sp³-hybridized carbons (Fsp3) is 0.538. The number of benzene rings is 1.